The van der Waals surface area contributed by atoms with Crippen molar-refractivity contribution in [2.24, 2.45) is 5.92 Å². The van der Waals surface area contributed by atoms with Crippen LogP contribution in [0, 0.1) is 5.92 Å². The Morgan fingerprint density at radius 1 is 1.29 bits per heavy atom. The Morgan fingerprint density at radius 3 is 2.83 bits per heavy atom. The summed E-state index contributed by atoms with van der Waals surface area (Å²) in [6, 6.07) is 8.73. The minimum atomic E-state index is -0.261. The molecule has 1 atom stereocenters. The van der Waals surface area contributed by atoms with Crippen molar-refractivity contribution >= 4 is 23.2 Å². The highest BCUT2D eigenvalue weighted by atomic mass is 16.2. The predicted octanol–water partition coefficient (Wildman–Crippen LogP) is 2.40. The van der Waals surface area contributed by atoms with E-state index >= 15 is 0 Å². The third-order valence-electron chi connectivity index (χ3n) is 3.98. The first-order valence-corrected chi connectivity index (χ1v) is 7.93. The highest BCUT2D eigenvalue weighted by molar-refractivity contribution is 6.05. The van der Waals surface area contributed by atoms with Crippen LogP contribution in [0.4, 0.5) is 11.4 Å². The molecule has 3 rings (SSSR count). The molecule has 1 aromatic heterocycles. The Bertz CT molecular complexity index is 759. The van der Waals surface area contributed by atoms with E-state index in [1.54, 1.807) is 24.5 Å². The van der Waals surface area contributed by atoms with E-state index in [9.17, 15) is 9.59 Å². The van der Waals surface area contributed by atoms with Gasteiger partial charge in [0, 0.05) is 24.5 Å². The van der Waals surface area contributed by atoms with Crippen molar-refractivity contribution in [3.05, 3.63) is 53.9 Å². The lowest BCUT2D eigenvalue weighted by Crippen LogP contribution is -2.42. The Morgan fingerprint density at radius 2 is 2.12 bits per heavy atom. The molecule has 0 saturated carbocycles. The van der Waals surface area contributed by atoms with Crippen molar-refractivity contribution in [3.8, 4) is 0 Å². The minimum absolute atomic E-state index is 0.0783. The lowest BCUT2D eigenvalue weighted by atomic mass is 9.99. The quantitative estimate of drug-likeness (QED) is 0.806. The maximum Gasteiger partial charge on any atom is 0.251 e. The Hall–Kier alpha value is -2.89. The fourth-order valence-electron chi connectivity index (χ4n) is 2.61. The van der Waals surface area contributed by atoms with Gasteiger partial charge < -0.3 is 16.0 Å². The van der Waals surface area contributed by atoms with Crippen molar-refractivity contribution in [1.82, 2.24) is 10.3 Å². The van der Waals surface area contributed by atoms with Crippen LogP contribution in [0.5, 0.6) is 0 Å². The van der Waals surface area contributed by atoms with Gasteiger partial charge in [-0.25, -0.2) is 0 Å². The summed E-state index contributed by atoms with van der Waals surface area (Å²) in [7, 11) is 0. The molecule has 2 heterocycles. The second kappa shape index (κ2) is 6.70. The van der Waals surface area contributed by atoms with Gasteiger partial charge in [0.1, 0.15) is 6.04 Å². The number of amides is 2. The lowest BCUT2D eigenvalue weighted by molar-refractivity contribution is -0.117. The zero-order chi connectivity index (χ0) is 17.1. The lowest BCUT2D eigenvalue weighted by Gasteiger charge is -2.29. The smallest absolute Gasteiger partial charge is 0.251 e. The highest BCUT2D eigenvalue weighted by Gasteiger charge is 2.28. The maximum absolute atomic E-state index is 12.3. The molecule has 1 unspecified atom stereocenters. The molecule has 24 heavy (non-hydrogen) atoms. The van der Waals surface area contributed by atoms with Crippen LogP contribution in [0.3, 0.4) is 0 Å². The second-order valence-corrected chi connectivity index (χ2v) is 6.16. The number of pyridine rings is 1. The summed E-state index contributed by atoms with van der Waals surface area (Å²) in [6.45, 7) is 4.38. The summed E-state index contributed by atoms with van der Waals surface area (Å²) in [6.07, 6.45) is 3.40. The van der Waals surface area contributed by atoms with Gasteiger partial charge in [0.15, 0.2) is 0 Å². The molecule has 2 aromatic rings. The number of fused-ring (bicyclic) bond motifs is 1. The van der Waals surface area contributed by atoms with Gasteiger partial charge in [0.2, 0.25) is 5.91 Å². The third kappa shape index (κ3) is 3.37. The van der Waals surface area contributed by atoms with E-state index in [-0.39, 0.29) is 23.8 Å². The zero-order valence-corrected chi connectivity index (χ0v) is 13.7. The number of anilines is 2. The minimum Gasteiger partial charge on any atom is -0.372 e. The zero-order valence-electron chi connectivity index (χ0n) is 13.7. The van der Waals surface area contributed by atoms with E-state index in [0.717, 1.165) is 11.3 Å². The number of hydrogen-bond donors (Lipinski definition) is 3. The summed E-state index contributed by atoms with van der Waals surface area (Å²) in [4.78, 5) is 28.4. The number of benzene rings is 1. The fraction of sp³-hybridized carbons (Fsp3) is 0.278. The molecule has 0 saturated heterocycles. The van der Waals surface area contributed by atoms with Gasteiger partial charge in [0.25, 0.3) is 5.91 Å². The number of carbonyl (C=O) groups excluding carboxylic acids is 2. The van der Waals surface area contributed by atoms with Gasteiger partial charge in [-0.2, -0.15) is 0 Å². The van der Waals surface area contributed by atoms with Crippen molar-refractivity contribution in [2.45, 2.75) is 26.4 Å². The van der Waals surface area contributed by atoms with Crippen LogP contribution in [0.15, 0.2) is 42.7 Å². The third-order valence-corrected chi connectivity index (χ3v) is 3.98. The molecule has 1 aliphatic heterocycles. The molecule has 1 aromatic carbocycles. The van der Waals surface area contributed by atoms with Crippen LogP contribution in [0.1, 0.15) is 29.8 Å². The van der Waals surface area contributed by atoms with E-state index < -0.39 is 0 Å². The molecule has 6 nitrogen and oxygen atoms in total. The molecule has 0 spiro atoms. The van der Waals surface area contributed by atoms with Gasteiger partial charge in [-0.3, -0.25) is 14.6 Å². The van der Waals surface area contributed by atoms with Gasteiger partial charge in [-0.15, -0.1) is 0 Å². The van der Waals surface area contributed by atoms with Gasteiger partial charge in [-0.05, 0) is 35.7 Å². The Kier molecular flexibility index (Phi) is 4.46. The summed E-state index contributed by atoms with van der Waals surface area (Å²) >= 11 is 0. The summed E-state index contributed by atoms with van der Waals surface area (Å²) < 4.78 is 0. The summed E-state index contributed by atoms with van der Waals surface area (Å²) in [5.74, 6) is -0.0899. The van der Waals surface area contributed by atoms with Crippen molar-refractivity contribution < 1.29 is 9.59 Å². The van der Waals surface area contributed by atoms with Crippen molar-refractivity contribution in [3.63, 3.8) is 0 Å². The second-order valence-electron chi connectivity index (χ2n) is 6.16. The van der Waals surface area contributed by atoms with Gasteiger partial charge in [-0.1, -0.05) is 19.9 Å². The van der Waals surface area contributed by atoms with Crippen LogP contribution in [0.2, 0.25) is 0 Å². The number of rotatable bonds is 4. The molecule has 0 aliphatic carbocycles. The van der Waals surface area contributed by atoms with E-state index in [1.807, 2.05) is 32.0 Å². The molecule has 124 valence electrons. The Balaban J connectivity index is 1.71. The van der Waals surface area contributed by atoms with Crippen molar-refractivity contribution in [2.75, 3.05) is 10.6 Å². The van der Waals surface area contributed by atoms with Gasteiger partial charge in [0.05, 0.1) is 11.4 Å². The fourth-order valence-corrected chi connectivity index (χ4v) is 2.61. The number of nitrogens with one attached hydrogen (secondary N) is 3. The molecule has 3 N–H and O–H groups in total. The Labute approximate surface area is 140 Å². The largest absolute Gasteiger partial charge is 0.372 e. The number of hydrogen-bond acceptors (Lipinski definition) is 4. The normalized spacial score (nSPS) is 16.1. The first-order chi connectivity index (χ1) is 11.5. The van der Waals surface area contributed by atoms with Crippen LogP contribution in [-0.2, 0) is 11.3 Å². The molecule has 0 radical (unpaired) electrons. The molecular weight excluding hydrogens is 304 g/mol. The summed E-state index contributed by atoms with van der Waals surface area (Å²) in [5.41, 5.74) is 2.89. The molecular formula is C18H20N4O2. The average Bonchev–Trinajstić information content (AvgIpc) is 2.59. The molecule has 0 bridgehead atoms. The molecule has 0 fully saturated rings. The van der Waals surface area contributed by atoms with Gasteiger partial charge >= 0.3 is 0 Å². The van der Waals surface area contributed by atoms with Crippen LogP contribution < -0.4 is 16.0 Å². The number of carbonyl (C=O) groups is 2. The van der Waals surface area contributed by atoms with Crippen LogP contribution in [-0.4, -0.2) is 22.8 Å². The maximum atomic E-state index is 12.3. The van der Waals surface area contributed by atoms with E-state index in [2.05, 4.69) is 20.9 Å². The molecule has 2 amide bonds. The SMILES string of the molecule is CC(C)C1Nc2ccc(C(=O)NCc3cccnc3)cc2NC1=O. The van der Waals surface area contributed by atoms with E-state index in [1.165, 1.54) is 0 Å². The topological polar surface area (TPSA) is 83.1 Å². The van der Waals surface area contributed by atoms with Crippen LogP contribution in [0.25, 0.3) is 0 Å². The molecule has 1 aliphatic rings. The van der Waals surface area contributed by atoms with Crippen molar-refractivity contribution in [1.29, 1.82) is 0 Å². The van der Waals surface area contributed by atoms with Crippen LogP contribution >= 0.6 is 0 Å². The average molecular weight is 324 g/mol. The number of nitrogens with zero attached hydrogens (tertiary/aromatic N) is 1. The number of aromatic nitrogens is 1. The standard InChI is InChI=1S/C18H20N4O2/c1-11(2)16-18(24)22-15-8-13(5-6-14(15)21-16)17(23)20-10-12-4-3-7-19-9-12/h3-9,11,16,21H,10H2,1-2H3,(H,20,23)(H,22,24). The highest BCUT2D eigenvalue weighted by Crippen LogP contribution is 2.29. The predicted molar refractivity (Wildman–Crippen MR) is 92.7 cm³/mol. The first kappa shape index (κ1) is 16.0. The summed E-state index contributed by atoms with van der Waals surface area (Å²) in [5, 5.41) is 8.94. The first-order valence-electron chi connectivity index (χ1n) is 7.93. The van der Waals surface area contributed by atoms with E-state index in [0.29, 0.717) is 17.8 Å². The molecule has 6 heteroatoms. The monoisotopic (exact) mass is 324 g/mol. The van der Waals surface area contributed by atoms with E-state index in [4.69, 9.17) is 0 Å².